The van der Waals surface area contributed by atoms with Crippen LogP contribution in [0.25, 0.3) is 11.1 Å². The summed E-state index contributed by atoms with van der Waals surface area (Å²) in [4.78, 5) is 29.7. The number of thiophene rings is 1. The van der Waals surface area contributed by atoms with E-state index in [1.165, 1.54) is 11.1 Å². The van der Waals surface area contributed by atoms with Gasteiger partial charge in [0.25, 0.3) is 5.91 Å². The van der Waals surface area contributed by atoms with Crippen LogP contribution in [0.15, 0.2) is 41.1 Å². The Bertz CT molecular complexity index is 872. The Morgan fingerprint density at radius 2 is 1.97 bits per heavy atom. The number of nitrogens with zero attached hydrogens (tertiary/aromatic N) is 2. The van der Waals surface area contributed by atoms with Gasteiger partial charge < -0.3 is 14.5 Å². The molecule has 2 aromatic rings. The highest BCUT2D eigenvalue weighted by Crippen LogP contribution is 2.37. The maximum Gasteiger partial charge on any atom is 0.251 e. The van der Waals surface area contributed by atoms with E-state index < -0.39 is 5.41 Å². The summed E-state index contributed by atoms with van der Waals surface area (Å²) in [6.07, 6.45) is 3.83. The summed E-state index contributed by atoms with van der Waals surface area (Å²) in [5, 5.41) is 4.22. The molecule has 0 unspecified atom stereocenters. The second kappa shape index (κ2) is 8.90. The van der Waals surface area contributed by atoms with Gasteiger partial charge >= 0.3 is 0 Å². The SMILES string of the molecule is CN(C)C(=O)[C@]1(Cc2ccc(-c3ccsc3)cc2)CCN(C(=O)[C@H]2CCCCO2)C1. The monoisotopic (exact) mass is 426 g/mol. The van der Waals surface area contributed by atoms with Crippen molar-refractivity contribution in [2.45, 2.75) is 38.2 Å². The molecule has 160 valence electrons. The number of benzene rings is 1. The first-order valence-electron chi connectivity index (χ1n) is 10.7. The lowest BCUT2D eigenvalue weighted by molar-refractivity contribution is -0.147. The van der Waals surface area contributed by atoms with E-state index >= 15 is 0 Å². The lowest BCUT2D eigenvalue weighted by atomic mass is 9.79. The van der Waals surface area contributed by atoms with Crippen molar-refractivity contribution in [3.05, 3.63) is 46.7 Å². The van der Waals surface area contributed by atoms with Crippen molar-refractivity contribution in [3.8, 4) is 11.1 Å². The summed E-state index contributed by atoms with van der Waals surface area (Å²) in [7, 11) is 3.61. The van der Waals surface area contributed by atoms with Crippen LogP contribution in [0.4, 0.5) is 0 Å². The zero-order valence-corrected chi connectivity index (χ0v) is 18.6. The van der Waals surface area contributed by atoms with E-state index in [2.05, 4.69) is 41.1 Å². The van der Waals surface area contributed by atoms with Crippen molar-refractivity contribution in [1.29, 1.82) is 0 Å². The van der Waals surface area contributed by atoms with Gasteiger partial charge in [0.1, 0.15) is 6.10 Å². The van der Waals surface area contributed by atoms with Crippen LogP contribution in [0.2, 0.25) is 0 Å². The first-order valence-corrected chi connectivity index (χ1v) is 11.7. The number of ether oxygens (including phenoxy) is 1. The van der Waals surface area contributed by atoms with Crippen molar-refractivity contribution in [1.82, 2.24) is 9.80 Å². The minimum Gasteiger partial charge on any atom is -0.368 e. The molecule has 30 heavy (non-hydrogen) atoms. The molecule has 6 heteroatoms. The van der Waals surface area contributed by atoms with Crippen molar-refractivity contribution in [2.75, 3.05) is 33.8 Å². The molecule has 2 amide bonds. The van der Waals surface area contributed by atoms with Gasteiger partial charge in [-0.3, -0.25) is 9.59 Å². The smallest absolute Gasteiger partial charge is 0.251 e. The molecule has 0 N–H and O–H groups in total. The summed E-state index contributed by atoms with van der Waals surface area (Å²) in [5.41, 5.74) is 2.96. The molecular formula is C24H30N2O3S. The maximum atomic E-state index is 13.2. The number of amides is 2. The Morgan fingerprint density at radius 3 is 2.60 bits per heavy atom. The Kier molecular flexibility index (Phi) is 6.25. The predicted octanol–water partition coefficient (Wildman–Crippen LogP) is 3.83. The highest BCUT2D eigenvalue weighted by molar-refractivity contribution is 7.08. The van der Waals surface area contributed by atoms with E-state index in [0.717, 1.165) is 24.8 Å². The Hall–Kier alpha value is -2.18. The quantitative estimate of drug-likeness (QED) is 0.730. The lowest BCUT2D eigenvalue weighted by Crippen LogP contribution is -2.46. The fourth-order valence-electron chi connectivity index (χ4n) is 4.70. The molecule has 2 atom stereocenters. The van der Waals surface area contributed by atoms with Gasteiger partial charge in [0.15, 0.2) is 0 Å². The fraction of sp³-hybridized carbons (Fsp3) is 0.500. The number of rotatable bonds is 5. The van der Waals surface area contributed by atoms with Gasteiger partial charge in [0.2, 0.25) is 5.91 Å². The number of carbonyl (C=O) groups excluding carboxylic acids is 2. The predicted molar refractivity (Wildman–Crippen MR) is 119 cm³/mol. The number of hydrogen-bond acceptors (Lipinski definition) is 4. The van der Waals surface area contributed by atoms with Gasteiger partial charge in [0, 0.05) is 33.8 Å². The van der Waals surface area contributed by atoms with E-state index in [-0.39, 0.29) is 17.9 Å². The molecule has 3 heterocycles. The fourth-order valence-corrected chi connectivity index (χ4v) is 5.37. The number of carbonyl (C=O) groups is 2. The third kappa shape index (κ3) is 4.30. The van der Waals surface area contributed by atoms with Gasteiger partial charge in [-0.05, 0) is 65.6 Å². The van der Waals surface area contributed by atoms with Gasteiger partial charge in [-0.2, -0.15) is 11.3 Å². The van der Waals surface area contributed by atoms with Crippen LogP contribution in [0, 0.1) is 5.41 Å². The number of hydrogen-bond donors (Lipinski definition) is 0. The average molecular weight is 427 g/mol. The van der Waals surface area contributed by atoms with Crippen molar-refractivity contribution < 1.29 is 14.3 Å². The largest absolute Gasteiger partial charge is 0.368 e. The van der Waals surface area contributed by atoms with Crippen LogP contribution >= 0.6 is 11.3 Å². The van der Waals surface area contributed by atoms with Gasteiger partial charge in [-0.1, -0.05) is 24.3 Å². The molecule has 2 saturated heterocycles. The van der Waals surface area contributed by atoms with Crippen LogP contribution in [0.1, 0.15) is 31.2 Å². The zero-order chi connectivity index (χ0) is 21.1. The standard InChI is InChI=1S/C24H30N2O3S/c1-25(2)23(28)24(11-12-26(17-24)22(27)21-5-3-4-13-29-21)15-18-6-8-19(9-7-18)20-10-14-30-16-20/h6-10,14,16,21H,3-5,11-13,15,17H2,1-2H3/t21-,24+/m1/s1. The van der Waals surface area contributed by atoms with Crippen LogP contribution < -0.4 is 0 Å². The highest BCUT2D eigenvalue weighted by Gasteiger charge is 2.47. The molecule has 4 rings (SSSR count). The molecule has 0 aliphatic carbocycles. The Labute approximate surface area is 182 Å². The molecule has 0 bridgehead atoms. The van der Waals surface area contributed by atoms with E-state index in [1.54, 1.807) is 30.3 Å². The Balaban J connectivity index is 1.52. The first-order chi connectivity index (χ1) is 14.5. The molecular weight excluding hydrogens is 396 g/mol. The van der Waals surface area contributed by atoms with Crippen LogP contribution in [0.3, 0.4) is 0 Å². The van der Waals surface area contributed by atoms with Crippen LogP contribution in [-0.4, -0.2) is 61.5 Å². The van der Waals surface area contributed by atoms with Crippen molar-refractivity contribution in [2.24, 2.45) is 5.41 Å². The molecule has 2 fully saturated rings. The normalized spacial score (nSPS) is 24.1. The van der Waals surface area contributed by atoms with Crippen molar-refractivity contribution in [3.63, 3.8) is 0 Å². The zero-order valence-electron chi connectivity index (χ0n) is 17.8. The second-order valence-corrected chi connectivity index (χ2v) is 9.51. The van der Waals surface area contributed by atoms with Crippen LogP contribution in [-0.2, 0) is 20.7 Å². The Morgan fingerprint density at radius 1 is 1.17 bits per heavy atom. The third-order valence-electron chi connectivity index (χ3n) is 6.33. The summed E-state index contributed by atoms with van der Waals surface area (Å²) >= 11 is 1.69. The summed E-state index contributed by atoms with van der Waals surface area (Å²) in [5.74, 6) is 0.153. The van der Waals surface area contributed by atoms with Crippen LogP contribution in [0.5, 0.6) is 0 Å². The molecule has 1 aromatic carbocycles. The first kappa shape index (κ1) is 21.1. The summed E-state index contributed by atoms with van der Waals surface area (Å²) in [6.45, 7) is 1.74. The molecule has 0 radical (unpaired) electrons. The number of likely N-dealkylation sites (tertiary alicyclic amines) is 1. The van der Waals surface area contributed by atoms with Gasteiger partial charge in [-0.15, -0.1) is 0 Å². The van der Waals surface area contributed by atoms with Gasteiger partial charge in [0.05, 0.1) is 5.41 Å². The summed E-state index contributed by atoms with van der Waals surface area (Å²) in [6, 6.07) is 10.6. The summed E-state index contributed by atoms with van der Waals surface area (Å²) < 4.78 is 5.71. The van der Waals surface area contributed by atoms with E-state index in [0.29, 0.717) is 32.5 Å². The third-order valence-corrected chi connectivity index (χ3v) is 7.01. The van der Waals surface area contributed by atoms with Gasteiger partial charge in [-0.25, -0.2) is 0 Å². The maximum absolute atomic E-state index is 13.2. The lowest BCUT2D eigenvalue weighted by Gasteiger charge is -2.32. The molecule has 0 saturated carbocycles. The molecule has 0 spiro atoms. The molecule has 5 nitrogen and oxygen atoms in total. The van der Waals surface area contributed by atoms with E-state index in [4.69, 9.17) is 4.74 Å². The average Bonchev–Trinajstić information content (AvgIpc) is 3.45. The second-order valence-electron chi connectivity index (χ2n) is 8.73. The minimum absolute atomic E-state index is 0.0518. The molecule has 2 aliphatic heterocycles. The molecule has 1 aromatic heterocycles. The molecule has 2 aliphatic rings. The highest BCUT2D eigenvalue weighted by atomic mass is 32.1. The minimum atomic E-state index is -0.572. The van der Waals surface area contributed by atoms with E-state index in [9.17, 15) is 9.59 Å². The topological polar surface area (TPSA) is 49.9 Å². The van der Waals surface area contributed by atoms with Crippen molar-refractivity contribution >= 4 is 23.2 Å². The van der Waals surface area contributed by atoms with E-state index in [1.807, 2.05) is 4.90 Å².